The van der Waals surface area contributed by atoms with Crippen LogP contribution in [0.3, 0.4) is 0 Å². The number of amides is 8. The number of anilines is 4. The molecule has 0 unspecified atom stereocenters. The Kier molecular flexibility index (Phi) is 23.7. The maximum atomic E-state index is 13.2. The van der Waals surface area contributed by atoms with Gasteiger partial charge in [0.2, 0.25) is 0 Å². The maximum absolute atomic E-state index is 13.2. The fourth-order valence-electron chi connectivity index (χ4n) is 7.65. The van der Waals surface area contributed by atoms with Gasteiger partial charge in [-0.25, -0.2) is 36.7 Å². The van der Waals surface area contributed by atoms with E-state index >= 15 is 0 Å². The Morgan fingerprint density at radius 2 is 0.846 bits per heavy atom. The zero-order chi connectivity index (χ0) is 58.6. The van der Waals surface area contributed by atoms with Crippen molar-refractivity contribution >= 4 is 46.9 Å². The lowest BCUT2D eigenvalue weighted by Gasteiger charge is -2.33. The van der Waals surface area contributed by atoms with Crippen LogP contribution in [0, 0.1) is 34.6 Å². The highest BCUT2D eigenvalue weighted by Gasteiger charge is 2.30. The van der Waals surface area contributed by atoms with Gasteiger partial charge in [-0.3, -0.25) is 0 Å². The number of rotatable bonds is 10. The second-order valence-electron chi connectivity index (χ2n) is 21.0. The number of phenols is 4. The molecular formula is C55H69F7N8O8. The summed E-state index contributed by atoms with van der Waals surface area (Å²) in [6.45, 7) is 16.4. The fourth-order valence-corrected chi connectivity index (χ4v) is 7.65. The summed E-state index contributed by atoms with van der Waals surface area (Å²) < 4.78 is 89.5. The predicted octanol–water partition coefficient (Wildman–Crippen LogP) is 13.4. The number of hydrogen-bond donors (Lipinski definition) is 12. The molecule has 8 amide bonds. The van der Waals surface area contributed by atoms with Crippen LogP contribution in [0.4, 0.5) is 72.7 Å². The highest BCUT2D eigenvalue weighted by molar-refractivity contribution is 5.91. The monoisotopic (exact) mass is 1100 g/mol. The third kappa shape index (κ3) is 25.2. The van der Waals surface area contributed by atoms with Gasteiger partial charge in [-0.2, -0.15) is 13.2 Å². The van der Waals surface area contributed by atoms with Crippen molar-refractivity contribution in [3.05, 3.63) is 131 Å². The molecule has 0 saturated heterocycles. The summed E-state index contributed by atoms with van der Waals surface area (Å²) in [4.78, 5) is 46.6. The molecule has 12 N–H and O–H groups in total. The summed E-state index contributed by atoms with van der Waals surface area (Å²) in [7, 11) is 0. The van der Waals surface area contributed by atoms with Crippen LogP contribution in [-0.2, 0) is 12.7 Å². The summed E-state index contributed by atoms with van der Waals surface area (Å²) >= 11 is 0. The Morgan fingerprint density at radius 1 is 0.487 bits per heavy atom. The van der Waals surface area contributed by atoms with E-state index in [1.165, 1.54) is 73.9 Å². The van der Waals surface area contributed by atoms with E-state index in [1.807, 2.05) is 34.6 Å². The first-order valence-electron chi connectivity index (χ1n) is 24.5. The largest absolute Gasteiger partial charge is 0.505 e. The van der Waals surface area contributed by atoms with Gasteiger partial charge in [-0.05, 0) is 131 Å². The first-order valence-corrected chi connectivity index (χ1v) is 24.5. The Balaban J connectivity index is 0.000000276. The van der Waals surface area contributed by atoms with Crippen LogP contribution in [-0.4, -0.2) is 62.2 Å². The number of halogens is 7. The first-order chi connectivity index (χ1) is 36.2. The number of urea groups is 4. The lowest BCUT2D eigenvalue weighted by molar-refractivity contribution is -0.137. The number of benzene rings is 5. The zero-order valence-electron chi connectivity index (χ0n) is 44.5. The molecule has 23 heteroatoms. The smallest absolute Gasteiger partial charge is 0.416 e. The van der Waals surface area contributed by atoms with Gasteiger partial charge in [-0.15, -0.1) is 0 Å². The van der Waals surface area contributed by atoms with Crippen LogP contribution < -0.4 is 42.5 Å². The van der Waals surface area contributed by atoms with E-state index in [-0.39, 0.29) is 40.4 Å². The van der Waals surface area contributed by atoms with Crippen LogP contribution in [0.25, 0.3) is 0 Å². The van der Waals surface area contributed by atoms with Gasteiger partial charge in [0.05, 0.1) is 5.56 Å². The number of carbonyl (C=O) groups excluding carboxylic acids is 4. The van der Waals surface area contributed by atoms with E-state index in [2.05, 4.69) is 63.3 Å². The van der Waals surface area contributed by atoms with Crippen molar-refractivity contribution in [1.82, 2.24) is 21.3 Å². The summed E-state index contributed by atoms with van der Waals surface area (Å²) in [5, 5.41) is 56.8. The molecule has 1 fully saturated rings. The molecule has 78 heavy (non-hydrogen) atoms. The molecule has 0 radical (unpaired) electrons. The van der Waals surface area contributed by atoms with Crippen molar-refractivity contribution in [2.24, 2.45) is 11.3 Å². The van der Waals surface area contributed by atoms with E-state index in [9.17, 15) is 49.9 Å². The molecule has 0 heterocycles. The van der Waals surface area contributed by atoms with E-state index in [0.717, 1.165) is 61.7 Å². The Labute approximate surface area is 448 Å². The SMILES string of the molecule is CC(C)(C)CC(C)(C)NC(=O)Nc1ccc(O)c(F)c1.CC(C)(C)NC(=O)Nc1ccc(O)c(F)c1.O=C(NCC1CCCCC1)Nc1ccc(O)c(F)c1.O=C(NCc1ccc(C(F)(F)F)cc1)Nc1ccc(O)c(F)c1. The molecule has 426 valence electrons. The number of hydrogen-bond acceptors (Lipinski definition) is 8. The topological polar surface area (TPSA) is 245 Å². The second kappa shape index (κ2) is 28.9. The van der Waals surface area contributed by atoms with Crippen LogP contribution in [0.1, 0.15) is 105 Å². The molecule has 0 aliphatic heterocycles. The van der Waals surface area contributed by atoms with E-state index in [1.54, 1.807) is 0 Å². The predicted molar refractivity (Wildman–Crippen MR) is 285 cm³/mol. The fraction of sp³-hybridized carbons (Fsp3) is 0.382. The first kappa shape index (κ1) is 64.2. The molecule has 1 aliphatic rings. The Hall–Kier alpha value is -8.11. The molecule has 0 aromatic heterocycles. The normalized spacial score (nSPS) is 12.6. The van der Waals surface area contributed by atoms with Crippen molar-refractivity contribution < 1.29 is 70.3 Å². The van der Waals surface area contributed by atoms with Crippen molar-refractivity contribution in [2.45, 2.75) is 118 Å². The standard InChI is InChI=1S/C15H12F4N2O2.C15H23FN2O2.C14H19FN2O2.C11H15FN2O2/c16-12-7-11(5-6-13(12)22)21-14(23)20-8-9-1-3-10(4-2-9)15(17,18)19;1-14(2,3)9-15(4,5)18-13(20)17-10-6-7-12(19)11(16)8-10;15-12-8-11(6-7-13(12)18)17-14(19)16-9-10-4-2-1-3-5-10;1-11(2,3)14-10(16)13-7-4-5-9(15)8(12)6-7/h1-7,22H,8H2,(H2,20,21,23);6-8,19H,9H2,1-5H3,(H2,17,18,20);6-8,10,18H,1-5,9H2,(H2,16,17,19);4-6,15H,1-3H3,(H2,13,14,16). The molecule has 1 aliphatic carbocycles. The molecule has 1 saturated carbocycles. The van der Waals surface area contributed by atoms with Crippen LogP contribution in [0.2, 0.25) is 0 Å². The lowest BCUT2D eigenvalue weighted by atomic mass is 9.82. The number of aromatic hydroxyl groups is 4. The maximum Gasteiger partial charge on any atom is 0.416 e. The zero-order valence-corrected chi connectivity index (χ0v) is 44.5. The molecule has 6 rings (SSSR count). The van der Waals surface area contributed by atoms with E-state index < -0.39 is 76.1 Å². The third-order valence-corrected chi connectivity index (χ3v) is 10.7. The Morgan fingerprint density at radius 3 is 1.19 bits per heavy atom. The number of nitrogens with one attached hydrogen (secondary N) is 8. The number of alkyl halides is 3. The van der Waals surface area contributed by atoms with Gasteiger partial charge in [0.1, 0.15) is 0 Å². The molecule has 5 aromatic rings. The van der Waals surface area contributed by atoms with Gasteiger partial charge in [-0.1, -0.05) is 52.2 Å². The second-order valence-corrected chi connectivity index (χ2v) is 21.0. The van der Waals surface area contributed by atoms with Crippen molar-refractivity contribution in [3.63, 3.8) is 0 Å². The Bertz CT molecular complexity index is 2780. The average molecular weight is 1100 g/mol. The van der Waals surface area contributed by atoms with Crippen LogP contribution >= 0.6 is 0 Å². The minimum atomic E-state index is -4.41. The van der Waals surface area contributed by atoms with Crippen molar-refractivity contribution in [3.8, 4) is 23.0 Å². The molecule has 0 bridgehead atoms. The molecule has 0 spiro atoms. The minimum absolute atomic E-state index is 0.00450. The summed E-state index contributed by atoms with van der Waals surface area (Å²) in [5.41, 5.74) is 0.0945. The van der Waals surface area contributed by atoms with Gasteiger partial charge >= 0.3 is 30.3 Å². The van der Waals surface area contributed by atoms with Crippen molar-refractivity contribution in [2.75, 3.05) is 27.8 Å². The molecule has 0 atom stereocenters. The van der Waals surface area contributed by atoms with Gasteiger partial charge in [0, 0.05) is 71.2 Å². The van der Waals surface area contributed by atoms with Crippen LogP contribution in [0.5, 0.6) is 23.0 Å². The highest BCUT2D eigenvalue weighted by Crippen LogP contribution is 2.30. The lowest BCUT2D eigenvalue weighted by Crippen LogP contribution is -2.47. The van der Waals surface area contributed by atoms with Crippen LogP contribution in [0.15, 0.2) is 97.1 Å². The molecular weight excluding hydrogens is 1030 g/mol. The molecule has 5 aromatic carbocycles. The summed E-state index contributed by atoms with van der Waals surface area (Å²) in [6.07, 6.45) is 2.47. The van der Waals surface area contributed by atoms with E-state index in [0.29, 0.717) is 29.4 Å². The molecule has 16 nitrogen and oxygen atoms in total. The van der Waals surface area contributed by atoms with Gasteiger partial charge in [0.15, 0.2) is 46.3 Å². The minimum Gasteiger partial charge on any atom is -0.505 e. The van der Waals surface area contributed by atoms with E-state index in [4.69, 9.17) is 20.4 Å². The highest BCUT2D eigenvalue weighted by atomic mass is 19.4. The quantitative estimate of drug-likeness (QED) is 0.0473. The van der Waals surface area contributed by atoms with Crippen molar-refractivity contribution in [1.29, 1.82) is 0 Å². The summed E-state index contributed by atoms with van der Waals surface area (Å²) in [6, 6.07) is 17.0. The third-order valence-electron chi connectivity index (χ3n) is 10.7. The summed E-state index contributed by atoms with van der Waals surface area (Å²) in [5.74, 6) is -4.46. The van der Waals surface area contributed by atoms with Gasteiger partial charge in [0.25, 0.3) is 0 Å². The average Bonchev–Trinajstić information content (AvgIpc) is 3.32. The number of carbonyl (C=O) groups is 4. The number of phenolic OH excluding ortho intramolecular Hbond substituents is 4. The van der Waals surface area contributed by atoms with Gasteiger partial charge < -0.3 is 63.0 Å².